The number of aryl methyl sites for hydroxylation is 4. The average molecular weight is 504 g/mol. The van der Waals surface area contributed by atoms with Gasteiger partial charge in [-0.05, 0) is 80.8 Å². The van der Waals surface area contributed by atoms with Crippen LogP contribution in [0.25, 0.3) is 0 Å². The fourth-order valence-corrected chi connectivity index (χ4v) is 4.43. The minimum absolute atomic E-state index is 0.0478. The molecule has 184 valence electrons. The third-order valence-corrected chi connectivity index (χ3v) is 6.29. The molecule has 3 aromatic rings. The predicted molar refractivity (Wildman–Crippen MR) is 142 cm³/mol. The molecule has 0 spiro atoms. The summed E-state index contributed by atoms with van der Waals surface area (Å²) in [6.45, 7) is 7.77. The Bertz CT molecular complexity index is 1400. The third-order valence-electron chi connectivity index (χ3n) is 5.93. The number of halogens is 1. The molecule has 1 aliphatic rings. The number of amides is 3. The molecular formula is C28H26ClN3O4. The first kappa shape index (κ1) is 25.0. The van der Waals surface area contributed by atoms with Gasteiger partial charge in [0.05, 0.1) is 12.8 Å². The summed E-state index contributed by atoms with van der Waals surface area (Å²) in [7, 11) is 1.46. The summed E-state index contributed by atoms with van der Waals surface area (Å²) in [6.07, 6.45) is 0. The number of nitrogens with one attached hydrogen (secondary N) is 2. The van der Waals surface area contributed by atoms with E-state index in [9.17, 15) is 14.4 Å². The number of hydrogen-bond donors (Lipinski definition) is 2. The molecule has 0 saturated carbocycles. The first-order valence-corrected chi connectivity index (χ1v) is 11.7. The summed E-state index contributed by atoms with van der Waals surface area (Å²) >= 11 is 6.27. The Morgan fingerprint density at radius 3 is 2.11 bits per heavy atom. The summed E-state index contributed by atoms with van der Waals surface area (Å²) in [5.41, 5.74) is 5.96. The predicted octanol–water partition coefficient (Wildman–Crippen LogP) is 5.62. The molecule has 0 bridgehead atoms. The molecule has 1 aliphatic heterocycles. The molecule has 7 nitrogen and oxygen atoms in total. The van der Waals surface area contributed by atoms with Crippen LogP contribution in [0.4, 0.5) is 17.1 Å². The minimum Gasteiger partial charge on any atom is -0.495 e. The van der Waals surface area contributed by atoms with Gasteiger partial charge in [0.15, 0.2) is 0 Å². The lowest BCUT2D eigenvalue weighted by molar-refractivity contribution is -0.120. The van der Waals surface area contributed by atoms with Crippen molar-refractivity contribution >= 4 is 46.4 Å². The van der Waals surface area contributed by atoms with E-state index in [1.807, 2.05) is 45.9 Å². The van der Waals surface area contributed by atoms with E-state index in [1.54, 1.807) is 36.4 Å². The van der Waals surface area contributed by atoms with Crippen LogP contribution in [0.3, 0.4) is 0 Å². The number of anilines is 3. The maximum absolute atomic E-state index is 13.2. The molecule has 0 aliphatic carbocycles. The van der Waals surface area contributed by atoms with Crippen LogP contribution < -0.4 is 20.3 Å². The van der Waals surface area contributed by atoms with Crippen LogP contribution in [0.1, 0.15) is 32.6 Å². The van der Waals surface area contributed by atoms with E-state index in [-0.39, 0.29) is 16.6 Å². The summed E-state index contributed by atoms with van der Waals surface area (Å²) < 4.78 is 5.33. The highest BCUT2D eigenvalue weighted by atomic mass is 35.5. The molecule has 3 amide bonds. The summed E-state index contributed by atoms with van der Waals surface area (Å²) in [4.78, 5) is 39.8. The van der Waals surface area contributed by atoms with Gasteiger partial charge in [-0.15, -0.1) is 0 Å². The highest BCUT2D eigenvalue weighted by molar-refractivity contribution is 6.53. The number of hydrogen-bond acceptors (Lipinski definition) is 5. The van der Waals surface area contributed by atoms with Gasteiger partial charge in [0.2, 0.25) is 0 Å². The summed E-state index contributed by atoms with van der Waals surface area (Å²) in [5, 5.41) is 5.67. The highest BCUT2D eigenvalue weighted by Gasteiger charge is 2.40. The Morgan fingerprint density at radius 1 is 0.861 bits per heavy atom. The SMILES string of the molecule is COc1ccc(C)cc1N1C(=O)C(Cl)=C(Nc2ccc(C(=O)Nc3c(C)cc(C)cc3C)cc2)C1=O. The minimum atomic E-state index is -0.645. The van der Waals surface area contributed by atoms with Crippen LogP contribution in [0.2, 0.25) is 0 Å². The monoisotopic (exact) mass is 503 g/mol. The van der Waals surface area contributed by atoms with Gasteiger partial charge < -0.3 is 15.4 Å². The molecule has 4 rings (SSSR count). The summed E-state index contributed by atoms with van der Waals surface area (Å²) in [6, 6.07) is 15.8. The van der Waals surface area contributed by atoms with Crippen molar-refractivity contribution < 1.29 is 19.1 Å². The quantitative estimate of drug-likeness (QED) is 0.426. The van der Waals surface area contributed by atoms with Crippen molar-refractivity contribution in [2.24, 2.45) is 0 Å². The molecule has 36 heavy (non-hydrogen) atoms. The van der Waals surface area contributed by atoms with Gasteiger partial charge in [0, 0.05) is 16.9 Å². The highest BCUT2D eigenvalue weighted by Crippen LogP contribution is 2.36. The Hall–Kier alpha value is -4.10. The number of nitrogens with zero attached hydrogens (tertiary/aromatic N) is 1. The molecule has 3 aromatic carbocycles. The van der Waals surface area contributed by atoms with Gasteiger partial charge in [0.25, 0.3) is 17.7 Å². The van der Waals surface area contributed by atoms with Crippen molar-refractivity contribution in [3.63, 3.8) is 0 Å². The van der Waals surface area contributed by atoms with E-state index in [1.165, 1.54) is 7.11 Å². The van der Waals surface area contributed by atoms with Crippen molar-refractivity contribution in [1.82, 2.24) is 0 Å². The van der Waals surface area contributed by atoms with E-state index in [2.05, 4.69) is 10.6 Å². The Kier molecular flexibility index (Phi) is 6.86. The molecule has 0 atom stereocenters. The summed E-state index contributed by atoms with van der Waals surface area (Å²) in [5.74, 6) is -1.12. The number of benzene rings is 3. The second-order valence-electron chi connectivity index (χ2n) is 8.74. The number of rotatable bonds is 6. The molecule has 2 N–H and O–H groups in total. The second-order valence-corrected chi connectivity index (χ2v) is 9.12. The Balaban J connectivity index is 1.52. The third kappa shape index (κ3) is 4.70. The number of methoxy groups -OCH3 is 1. The zero-order valence-electron chi connectivity index (χ0n) is 20.7. The Morgan fingerprint density at radius 2 is 1.50 bits per heavy atom. The van der Waals surface area contributed by atoms with Crippen molar-refractivity contribution in [1.29, 1.82) is 0 Å². The second kappa shape index (κ2) is 9.87. The fourth-order valence-electron chi connectivity index (χ4n) is 4.22. The lowest BCUT2D eigenvalue weighted by atomic mass is 10.0. The van der Waals surface area contributed by atoms with Gasteiger partial charge in [-0.3, -0.25) is 14.4 Å². The first-order chi connectivity index (χ1) is 17.1. The normalized spacial score (nSPS) is 13.3. The molecule has 0 unspecified atom stereocenters. The van der Waals surface area contributed by atoms with Crippen LogP contribution in [0.15, 0.2) is 65.3 Å². The zero-order valence-corrected chi connectivity index (χ0v) is 21.4. The van der Waals surface area contributed by atoms with Crippen LogP contribution in [0, 0.1) is 27.7 Å². The number of imide groups is 1. The van der Waals surface area contributed by atoms with Crippen LogP contribution in [0.5, 0.6) is 5.75 Å². The van der Waals surface area contributed by atoms with E-state index in [0.717, 1.165) is 32.8 Å². The van der Waals surface area contributed by atoms with Crippen LogP contribution in [-0.4, -0.2) is 24.8 Å². The molecule has 1 heterocycles. The molecule has 0 saturated heterocycles. The largest absolute Gasteiger partial charge is 0.495 e. The average Bonchev–Trinajstić information content (AvgIpc) is 3.04. The van der Waals surface area contributed by atoms with E-state index >= 15 is 0 Å². The fraction of sp³-hybridized carbons (Fsp3) is 0.179. The maximum Gasteiger partial charge on any atom is 0.283 e. The lowest BCUT2D eigenvalue weighted by Gasteiger charge is -2.18. The number of carbonyl (C=O) groups excluding carboxylic acids is 3. The molecule has 0 fully saturated rings. The number of carbonyl (C=O) groups is 3. The molecule has 8 heteroatoms. The molecular weight excluding hydrogens is 478 g/mol. The first-order valence-electron chi connectivity index (χ1n) is 11.3. The zero-order chi connectivity index (χ0) is 26.1. The van der Waals surface area contributed by atoms with Crippen LogP contribution >= 0.6 is 11.6 Å². The topological polar surface area (TPSA) is 87.7 Å². The van der Waals surface area contributed by atoms with E-state index in [4.69, 9.17) is 16.3 Å². The Labute approximate surface area is 214 Å². The van der Waals surface area contributed by atoms with Gasteiger partial charge in [-0.25, -0.2) is 4.90 Å². The van der Waals surface area contributed by atoms with E-state index < -0.39 is 11.8 Å². The molecule has 0 aromatic heterocycles. The van der Waals surface area contributed by atoms with Crippen LogP contribution in [-0.2, 0) is 9.59 Å². The number of ether oxygens (including phenoxy) is 1. The van der Waals surface area contributed by atoms with Crippen molar-refractivity contribution in [3.8, 4) is 5.75 Å². The molecule has 0 radical (unpaired) electrons. The smallest absolute Gasteiger partial charge is 0.283 e. The maximum atomic E-state index is 13.2. The van der Waals surface area contributed by atoms with Gasteiger partial charge in [-0.2, -0.15) is 0 Å². The van der Waals surface area contributed by atoms with Crippen molar-refractivity contribution in [2.45, 2.75) is 27.7 Å². The lowest BCUT2D eigenvalue weighted by Crippen LogP contribution is -2.32. The standard InChI is InChI=1S/C28H26ClN3O4/c1-15-6-11-22(36-5)21(14-15)32-27(34)23(29)25(28(32)35)30-20-9-7-19(8-10-20)26(33)31-24-17(3)12-16(2)13-18(24)4/h6-14,30H,1-5H3,(H,31,33). The van der Waals surface area contributed by atoms with Gasteiger partial charge in [-0.1, -0.05) is 35.4 Å². The van der Waals surface area contributed by atoms with Crippen molar-refractivity contribution in [2.75, 3.05) is 22.6 Å². The van der Waals surface area contributed by atoms with Crippen molar-refractivity contribution in [3.05, 3.63) is 93.1 Å². The van der Waals surface area contributed by atoms with E-state index in [0.29, 0.717) is 22.7 Å². The van der Waals surface area contributed by atoms with Gasteiger partial charge >= 0.3 is 0 Å². The van der Waals surface area contributed by atoms with Gasteiger partial charge in [0.1, 0.15) is 16.5 Å².